The van der Waals surface area contributed by atoms with Gasteiger partial charge in [0.2, 0.25) is 5.95 Å². The quantitative estimate of drug-likeness (QED) is 0.242. The maximum atomic E-state index is 13.0. The lowest BCUT2D eigenvalue weighted by Crippen LogP contribution is -2.47. The summed E-state index contributed by atoms with van der Waals surface area (Å²) in [5.41, 5.74) is 3.16. The molecule has 5 rings (SSSR count). The Morgan fingerprint density at radius 1 is 1.21 bits per heavy atom. The van der Waals surface area contributed by atoms with Crippen molar-refractivity contribution in [2.45, 2.75) is 36.2 Å². The number of sulfonamides is 1. The Labute approximate surface area is 259 Å². The van der Waals surface area contributed by atoms with Crippen molar-refractivity contribution in [1.29, 1.82) is 5.26 Å². The fraction of sp³-hybridized carbons (Fsp3) is 0.346. The van der Waals surface area contributed by atoms with E-state index in [4.69, 9.17) is 11.6 Å². The molecule has 4 heterocycles. The van der Waals surface area contributed by atoms with Crippen LogP contribution in [0.4, 0.5) is 5.95 Å². The summed E-state index contributed by atoms with van der Waals surface area (Å²) in [5, 5.41) is 21.7. The fourth-order valence-corrected chi connectivity index (χ4v) is 6.71. The Morgan fingerprint density at radius 2 is 2.00 bits per heavy atom. The molecule has 0 unspecified atom stereocenters. The molecule has 2 atom stereocenters. The van der Waals surface area contributed by atoms with Gasteiger partial charge in [-0.2, -0.15) is 14.7 Å². The molecule has 43 heavy (non-hydrogen) atoms. The fourth-order valence-electron chi connectivity index (χ4n) is 4.90. The highest BCUT2D eigenvalue weighted by Crippen LogP contribution is 2.28. The van der Waals surface area contributed by atoms with E-state index in [0.717, 1.165) is 5.56 Å². The normalized spacial score (nSPS) is 17.9. The Hall–Kier alpha value is -3.64. The Balaban J connectivity index is 1.31. The molecule has 1 saturated heterocycles. The average molecular weight is 617 g/mol. The molecule has 0 aliphatic carbocycles. The molecule has 1 aliphatic rings. The van der Waals surface area contributed by atoms with Crippen LogP contribution in [0.25, 0.3) is 16.9 Å². The van der Waals surface area contributed by atoms with Gasteiger partial charge in [0.15, 0.2) is 5.03 Å². The molecule has 12 nitrogen and oxygen atoms in total. The highest BCUT2D eigenvalue weighted by molar-refractivity contribution is 7.89. The van der Waals surface area contributed by atoms with Crippen molar-refractivity contribution in [3.63, 3.8) is 0 Å². The molecule has 1 aromatic carbocycles. The number of piperidine rings is 1. The highest BCUT2D eigenvalue weighted by atomic mass is 35.5. The zero-order chi connectivity index (χ0) is 30.9. The van der Waals surface area contributed by atoms with Crippen molar-refractivity contribution < 1.29 is 8.42 Å². The molecule has 1 aliphatic heterocycles. The van der Waals surface area contributed by atoms with Crippen molar-refractivity contribution in [3.8, 4) is 23.0 Å². The van der Waals surface area contributed by atoms with Crippen molar-refractivity contribution in [2.75, 3.05) is 18.4 Å². The summed E-state index contributed by atoms with van der Waals surface area (Å²) in [6.07, 6.45) is 8.45. The first-order valence-corrected chi connectivity index (χ1v) is 15.8. The number of aromatic nitrogens is 6. The third kappa shape index (κ3) is 6.96. The van der Waals surface area contributed by atoms with Crippen LogP contribution < -0.4 is 10.6 Å². The van der Waals surface area contributed by atoms with Crippen LogP contribution >= 0.6 is 11.6 Å². The Kier molecular flexibility index (Phi) is 8.71. The maximum Gasteiger partial charge on any atom is 0.262 e. The van der Waals surface area contributed by atoms with Gasteiger partial charge >= 0.3 is 0 Å². The number of hydrogen-bond donors (Lipinski definition) is 2. The molecule has 0 radical (unpaired) electrons. The molecule has 0 amide bonds. The first-order valence-electron chi connectivity index (χ1n) is 13.9. The van der Waals surface area contributed by atoms with Gasteiger partial charge in [0.05, 0.1) is 40.7 Å². The van der Waals surface area contributed by atoms with Crippen LogP contribution in [-0.4, -0.2) is 89.9 Å². The SMILES string of the molecule is BC(B)(B)NCc1ccc(-n2cc(-c3nc(N[C@H]4CCN(S(=O)(=O)c5cn(C)cn5)C[C@H]4C)ncc3C#N)cn2)c(Cl)c1. The Bertz CT molecular complexity index is 1780. The summed E-state index contributed by atoms with van der Waals surface area (Å²) in [6, 6.07) is 7.93. The van der Waals surface area contributed by atoms with E-state index in [1.54, 1.807) is 28.7 Å². The monoisotopic (exact) mass is 616 g/mol. The molecule has 0 saturated carbocycles. The molecular weight excluding hydrogens is 584 g/mol. The van der Waals surface area contributed by atoms with Gasteiger partial charge in [-0.05, 0) is 30.0 Å². The van der Waals surface area contributed by atoms with E-state index in [2.05, 4.69) is 60.3 Å². The molecule has 1 fully saturated rings. The standard InChI is InChI=1S/C26H32B3ClN10O2S/c1-16-12-39(43(41,42)23-14-38(2)15-33-23)6-5-21(16)36-25-32-10-18(8-31)24(37-25)19-11-35-40(13-19)22-4-3-17(7-20(22)30)9-34-26(27,28)29/h3-4,7,10-11,13-16,21,34H,5-6,9,12,27-29H2,1-2H3,(H,32,36,37)/t16-,21+/m1/s1. The first-order chi connectivity index (χ1) is 20.3. The van der Waals surface area contributed by atoms with Gasteiger partial charge in [0, 0.05) is 50.7 Å². The second-order valence-electron chi connectivity index (χ2n) is 11.9. The van der Waals surface area contributed by atoms with Crippen LogP contribution in [0.1, 0.15) is 24.5 Å². The van der Waals surface area contributed by atoms with E-state index in [-0.39, 0.29) is 22.2 Å². The van der Waals surface area contributed by atoms with Gasteiger partial charge in [-0.15, -0.1) is 0 Å². The molecule has 0 spiro atoms. The number of benzene rings is 1. The second-order valence-corrected chi connectivity index (χ2v) is 14.2. The van der Waals surface area contributed by atoms with Gasteiger partial charge in [-0.3, -0.25) is 0 Å². The zero-order valence-corrected chi connectivity index (χ0v) is 26.4. The predicted molar refractivity (Wildman–Crippen MR) is 173 cm³/mol. The minimum absolute atomic E-state index is 0.0121. The minimum Gasteiger partial charge on any atom is -0.351 e. The van der Waals surface area contributed by atoms with Crippen molar-refractivity contribution in [1.82, 2.24) is 38.9 Å². The van der Waals surface area contributed by atoms with Gasteiger partial charge in [-0.25, -0.2) is 28.1 Å². The summed E-state index contributed by atoms with van der Waals surface area (Å²) in [4.78, 5) is 13.1. The molecule has 2 N–H and O–H groups in total. The smallest absolute Gasteiger partial charge is 0.262 e. The number of rotatable bonds is 9. The van der Waals surface area contributed by atoms with Crippen molar-refractivity contribution in [3.05, 3.63) is 65.5 Å². The lowest BCUT2D eigenvalue weighted by atomic mass is 9.49. The number of nitriles is 1. The van der Waals surface area contributed by atoms with E-state index < -0.39 is 10.0 Å². The maximum absolute atomic E-state index is 13.0. The number of halogens is 1. The second kappa shape index (κ2) is 12.2. The van der Waals surface area contributed by atoms with Crippen LogP contribution in [0.5, 0.6) is 0 Å². The lowest BCUT2D eigenvalue weighted by Gasteiger charge is -2.36. The number of nitrogens with zero attached hydrogens (tertiary/aromatic N) is 8. The topological polar surface area (TPSA) is 147 Å². The van der Waals surface area contributed by atoms with Crippen LogP contribution in [0.15, 0.2) is 54.3 Å². The van der Waals surface area contributed by atoms with Crippen molar-refractivity contribution >= 4 is 51.1 Å². The summed E-state index contributed by atoms with van der Waals surface area (Å²) in [7, 11) is 4.39. The first kappa shape index (κ1) is 30.8. The van der Waals surface area contributed by atoms with Crippen LogP contribution in [-0.2, 0) is 23.6 Å². The van der Waals surface area contributed by atoms with Crippen LogP contribution in [0.2, 0.25) is 5.02 Å². The molecule has 4 aromatic rings. The number of hydrogen-bond acceptors (Lipinski definition) is 9. The summed E-state index contributed by atoms with van der Waals surface area (Å²) >= 11 is 6.63. The van der Waals surface area contributed by atoms with Crippen molar-refractivity contribution in [2.24, 2.45) is 13.0 Å². The number of nitrogens with one attached hydrogen (secondary N) is 2. The van der Waals surface area contributed by atoms with E-state index in [9.17, 15) is 13.7 Å². The van der Waals surface area contributed by atoms with Gasteiger partial charge in [-0.1, -0.05) is 29.8 Å². The van der Waals surface area contributed by atoms with Crippen LogP contribution in [0, 0.1) is 17.2 Å². The zero-order valence-electron chi connectivity index (χ0n) is 24.8. The van der Waals surface area contributed by atoms with E-state index in [1.165, 1.54) is 23.0 Å². The largest absolute Gasteiger partial charge is 0.351 e. The molecule has 220 valence electrons. The Morgan fingerprint density at radius 3 is 2.65 bits per heavy atom. The van der Waals surface area contributed by atoms with Gasteiger partial charge < -0.3 is 15.2 Å². The molecule has 3 aromatic heterocycles. The minimum atomic E-state index is -3.67. The number of imidazole rings is 1. The average Bonchev–Trinajstić information content (AvgIpc) is 3.62. The van der Waals surface area contributed by atoms with E-state index in [0.29, 0.717) is 59.5 Å². The summed E-state index contributed by atoms with van der Waals surface area (Å²) in [5.74, 6) is 0.328. The number of anilines is 1. The third-order valence-corrected chi connectivity index (χ3v) is 9.37. The van der Waals surface area contributed by atoms with Gasteiger partial charge in [0.25, 0.3) is 10.0 Å². The lowest BCUT2D eigenvalue weighted by molar-refractivity contribution is 0.260. The third-order valence-electron chi connectivity index (χ3n) is 7.31. The number of aryl methyl sites for hydroxylation is 1. The summed E-state index contributed by atoms with van der Waals surface area (Å²) in [6.45, 7) is 3.34. The highest BCUT2D eigenvalue weighted by Gasteiger charge is 2.35. The molecule has 17 heteroatoms. The van der Waals surface area contributed by atoms with Crippen LogP contribution in [0.3, 0.4) is 0 Å². The van der Waals surface area contributed by atoms with E-state index >= 15 is 0 Å². The predicted octanol–water partition coefficient (Wildman–Crippen LogP) is -0.301. The summed E-state index contributed by atoms with van der Waals surface area (Å²) < 4.78 is 30.8. The van der Waals surface area contributed by atoms with E-state index in [1.807, 2.05) is 25.1 Å². The molecular formula is C26H32B3ClN10O2S. The molecule has 0 bridgehead atoms. The van der Waals surface area contributed by atoms with Gasteiger partial charge in [0.1, 0.15) is 29.6 Å².